The minimum absolute atomic E-state index is 0.0590. The monoisotopic (exact) mass is 243 g/mol. The summed E-state index contributed by atoms with van der Waals surface area (Å²) in [6.45, 7) is -2.31. The molecule has 2 rings (SSSR count). The van der Waals surface area contributed by atoms with Crippen LogP contribution in [0, 0.1) is 5.41 Å². The number of ether oxygens (including phenoxy) is 1. The Hall–Kier alpha value is -1.20. The van der Waals surface area contributed by atoms with Gasteiger partial charge in [-0.15, -0.1) is 0 Å². The van der Waals surface area contributed by atoms with Gasteiger partial charge in [0, 0.05) is 12.0 Å². The quantitative estimate of drug-likeness (QED) is 0.827. The highest BCUT2D eigenvalue weighted by atomic mass is 19.3. The number of aliphatic hydroxyl groups excluding tert-OH is 1. The van der Waals surface area contributed by atoms with E-state index in [9.17, 15) is 13.9 Å². The molecule has 17 heavy (non-hydrogen) atoms. The van der Waals surface area contributed by atoms with Crippen LogP contribution in [-0.2, 0) is 0 Å². The van der Waals surface area contributed by atoms with Gasteiger partial charge in [-0.05, 0) is 30.0 Å². The summed E-state index contributed by atoms with van der Waals surface area (Å²) in [4.78, 5) is 0. The third-order valence-electron chi connectivity index (χ3n) is 3.42. The van der Waals surface area contributed by atoms with Crippen LogP contribution >= 0.6 is 0 Å². The van der Waals surface area contributed by atoms with Crippen molar-refractivity contribution < 1.29 is 18.6 Å². The standard InChI is InChI=1S/C12H15F2NO2/c13-11(14)17-9-3-1-8(2-4-9)10-5-12(10,6-15)7-16/h1-4,10-11,16H,5-7,15H2. The zero-order chi connectivity index (χ0) is 12.5. The van der Waals surface area contributed by atoms with Gasteiger partial charge in [0.15, 0.2) is 0 Å². The minimum atomic E-state index is -2.80. The van der Waals surface area contributed by atoms with Crippen LogP contribution in [-0.4, -0.2) is 24.9 Å². The van der Waals surface area contributed by atoms with Crippen LogP contribution in [0.2, 0.25) is 0 Å². The second kappa shape index (κ2) is 4.58. The van der Waals surface area contributed by atoms with Crippen molar-refractivity contribution in [2.45, 2.75) is 19.0 Å². The van der Waals surface area contributed by atoms with Crippen LogP contribution in [0.1, 0.15) is 17.9 Å². The summed E-state index contributed by atoms with van der Waals surface area (Å²) in [5.41, 5.74) is 6.41. The summed E-state index contributed by atoms with van der Waals surface area (Å²) in [7, 11) is 0. The Morgan fingerprint density at radius 2 is 2.06 bits per heavy atom. The number of halogens is 2. The van der Waals surface area contributed by atoms with Gasteiger partial charge in [-0.2, -0.15) is 8.78 Å². The lowest BCUT2D eigenvalue weighted by Crippen LogP contribution is -2.21. The highest BCUT2D eigenvalue weighted by Crippen LogP contribution is 2.58. The molecule has 1 aromatic carbocycles. The zero-order valence-corrected chi connectivity index (χ0v) is 9.27. The van der Waals surface area contributed by atoms with E-state index in [0.29, 0.717) is 6.54 Å². The second-order valence-electron chi connectivity index (χ2n) is 4.43. The Kier molecular flexibility index (Phi) is 3.31. The number of nitrogens with two attached hydrogens (primary N) is 1. The van der Waals surface area contributed by atoms with Crippen molar-refractivity contribution in [1.29, 1.82) is 0 Å². The van der Waals surface area contributed by atoms with Crippen molar-refractivity contribution in [3.63, 3.8) is 0 Å². The molecule has 1 saturated carbocycles. The Morgan fingerprint density at radius 1 is 1.41 bits per heavy atom. The second-order valence-corrected chi connectivity index (χ2v) is 4.43. The number of aliphatic hydroxyl groups is 1. The molecule has 1 aromatic rings. The molecule has 0 saturated heterocycles. The summed E-state index contributed by atoms with van der Waals surface area (Å²) < 4.78 is 28.2. The number of hydrogen-bond acceptors (Lipinski definition) is 3. The van der Waals surface area contributed by atoms with E-state index >= 15 is 0 Å². The van der Waals surface area contributed by atoms with E-state index in [4.69, 9.17) is 5.73 Å². The first-order chi connectivity index (χ1) is 8.11. The van der Waals surface area contributed by atoms with Gasteiger partial charge >= 0.3 is 6.61 Å². The first kappa shape index (κ1) is 12.3. The lowest BCUT2D eigenvalue weighted by atomic mass is 10.00. The Labute approximate surface area is 98.2 Å². The predicted molar refractivity (Wildman–Crippen MR) is 59.0 cm³/mol. The van der Waals surface area contributed by atoms with E-state index in [1.54, 1.807) is 12.1 Å². The van der Waals surface area contributed by atoms with E-state index in [-0.39, 0.29) is 23.7 Å². The van der Waals surface area contributed by atoms with Crippen molar-refractivity contribution in [2.75, 3.05) is 13.2 Å². The van der Waals surface area contributed by atoms with Gasteiger partial charge < -0.3 is 15.6 Å². The largest absolute Gasteiger partial charge is 0.435 e. The molecular weight excluding hydrogens is 228 g/mol. The van der Waals surface area contributed by atoms with Crippen LogP contribution in [0.25, 0.3) is 0 Å². The number of alkyl halides is 2. The van der Waals surface area contributed by atoms with Crippen LogP contribution in [0.4, 0.5) is 8.78 Å². The lowest BCUT2D eigenvalue weighted by Gasteiger charge is -2.11. The van der Waals surface area contributed by atoms with Gasteiger partial charge in [-0.3, -0.25) is 0 Å². The minimum Gasteiger partial charge on any atom is -0.435 e. The summed E-state index contributed by atoms with van der Waals surface area (Å²) >= 11 is 0. The maximum Gasteiger partial charge on any atom is 0.387 e. The molecule has 2 unspecified atom stereocenters. The molecule has 0 aromatic heterocycles. The number of benzene rings is 1. The SMILES string of the molecule is NCC1(CO)CC1c1ccc(OC(F)F)cc1. The van der Waals surface area contributed by atoms with Gasteiger partial charge in [0.1, 0.15) is 5.75 Å². The zero-order valence-electron chi connectivity index (χ0n) is 9.27. The third-order valence-corrected chi connectivity index (χ3v) is 3.42. The van der Waals surface area contributed by atoms with Crippen LogP contribution in [0.15, 0.2) is 24.3 Å². The molecule has 3 nitrogen and oxygen atoms in total. The number of hydrogen-bond donors (Lipinski definition) is 2. The molecule has 3 N–H and O–H groups in total. The van der Waals surface area contributed by atoms with Crippen molar-refractivity contribution >= 4 is 0 Å². The Bertz CT molecular complexity index is 377. The molecule has 1 aliphatic carbocycles. The molecule has 0 heterocycles. The summed E-state index contributed by atoms with van der Waals surface area (Å²) in [6, 6.07) is 6.52. The fourth-order valence-corrected chi connectivity index (χ4v) is 2.17. The Balaban J connectivity index is 2.05. The van der Waals surface area contributed by atoms with Gasteiger partial charge in [0.25, 0.3) is 0 Å². The maximum atomic E-state index is 12.0. The van der Waals surface area contributed by atoms with Gasteiger partial charge in [0.05, 0.1) is 6.61 Å². The van der Waals surface area contributed by atoms with Crippen LogP contribution in [0.5, 0.6) is 5.75 Å². The van der Waals surface area contributed by atoms with Crippen molar-refractivity contribution in [1.82, 2.24) is 0 Å². The topological polar surface area (TPSA) is 55.5 Å². The normalized spacial score (nSPS) is 27.2. The molecule has 1 fully saturated rings. The fraction of sp³-hybridized carbons (Fsp3) is 0.500. The molecule has 2 atom stereocenters. The summed E-state index contributed by atoms with van der Waals surface area (Å²) in [6.07, 6.45) is 0.842. The molecule has 94 valence electrons. The summed E-state index contributed by atoms with van der Waals surface area (Å²) in [5, 5.41) is 9.26. The van der Waals surface area contributed by atoms with Crippen molar-refractivity contribution in [3.05, 3.63) is 29.8 Å². The lowest BCUT2D eigenvalue weighted by molar-refractivity contribution is -0.0498. The van der Waals surface area contributed by atoms with Gasteiger partial charge in [0.2, 0.25) is 0 Å². The smallest absolute Gasteiger partial charge is 0.387 e. The highest BCUT2D eigenvalue weighted by Gasteiger charge is 2.53. The average molecular weight is 243 g/mol. The first-order valence-electron chi connectivity index (χ1n) is 5.47. The van der Waals surface area contributed by atoms with E-state index in [2.05, 4.69) is 4.74 Å². The van der Waals surface area contributed by atoms with Gasteiger partial charge in [-0.25, -0.2) is 0 Å². The number of rotatable bonds is 5. The summed E-state index contributed by atoms with van der Waals surface area (Å²) in [5.74, 6) is 0.366. The van der Waals surface area contributed by atoms with E-state index in [1.807, 2.05) is 0 Å². The Morgan fingerprint density at radius 3 is 2.47 bits per heavy atom. The molecule has 0 amide bonds. The maximum absolute atomic E-state index is 12.0. The highest BCUT2D eigenvalue weighted by molar-refractivity contribution is 5.35. The van der Waals surface area contributed by atoms with Gasteiger partial charge in [-0.1, -0.05) is 12.1 Å². The van der Waals surface area contributed by atoms with Crippen molar-refractivity contribution in [2.24, 2.45) is 11.1 Å². The van der Waals surface area contributed by atoms with E-state index < -0.39 is 6.61 Å². The first-order valence-corrected chi connectivity index (χ1v) is 5.47. The molecular formula is C12H15F2NO2. The van der Waals surface area contributed by atoms with Crippen LogP contribution in [0.3, 0.4) is 0 Å². The van der Waals surface area contributed by atoms with E-state index in [1.165, 1.54) is 12.1 Å². The predicted octanol–water partition coefficient (Wildman–Crippen LogP) is 1.71. The average Bonchev–Trinajstić information content (AvgIpc) is 3.05. The third kappa shape index (κ3) is 2.40. The van der Waals surface area contributed by atoms with Crippen LogP contribution < -0.4 is 10.5 Å². The molecule has 1 aliphatic rings. The van der Waals surface area contributed by atoms with Crippen molar-refractivity contribution in [3.8, 4) is 5.75 Å². The molecule has 0 aliphatic heterocycles. The molecule has 0 radical (unpaired) electrons. The molecule has 0 bridgehead atoms. The molecule has 5 heteroatoms. The molecule has 0 spiro atoms. The fourth-order valence-electron chi connectivity index (χ4n) is 2.17. The van der Waals surface area contributed by atoms with E-state index in [0.717, 1.165) is 12.0 Å².